The molecule has 0 saturated carbocycles. The molecule has 2 aromatic heterocycles. The number of hydrogen-bond acceptors (Lipinski definition) is 4. The monoisotopic (exact) mass is 408 g/mol. The summed E-state index contributed by atoms with van der Waals surface area (Å²) in [5.41, 5.74) is 2.58. The highest BCUT2D eigenvalue weighted by Gasteiger charge is 2.22. The van der Waals surface area contributed by atoms with Crippen molar-refractivity contribution < 1.29 is 9.53 Å². The van der Waals surface area contributed by atoms with Crippen molar-refractivity contribution in [3.63, 3.8) is 0 Å². The highest BCUT2D eigenvalue weighted by atomic mass is 35.5. The number of ether oxygens (including phenoxy) is 1. The van der Waals surface area contributed by atoms with Crippen molar-refractivity contribution in [1.82, 2.24) is 19.3 Å². The molecule has 1 fully saturated rings. The van der Waals surface area contributed by atoms with Gasteiger partial charge in [0.1, 0.15) is 11.3 Å². The Morgan fingerprint density at radius 1 is 1.10 bits per heavy atom. The lowest BCUT2D eigenvalue weighted by Crippen LogP contribution is -2.40. The van der Waals surface area contributed by atoms with Crippen LogP contribution in [0.3, 0.4) is 0 Å². The minimum Gasteiger partial charge on any atom is -0.378 e. The van der Waals surface area contributed by atoms with Crippen molar-refractivity contribution in [1.29, 1.82) is 0 Å². The van der Waals surface area contributed by atoms with E-state index in [1.165, 1.54) is 0 Å². The molecular formula is C21H17ClN4O3. The van der Waals surface area contributed by atoms with Gasteiger partial charge in [0.15, 0.2) is 0 Å². The maximum atomic E-state index is 12.9. The van der Waals surface area contributed by atoms with E-state index < -0.39 is 0 Å². The Bertz CT molecular complexity index is 1290. The zero-order valence-corrected chi connectivity index (χ0v) is 16.1. The number of nitrogens with zero attached hydrogens (tertiary/aromatic N) is 3. The molecule has 7 nitrogen and oxygen atoms in total. The van der Waals surface area contributed by atoms with E-state index in [9.17, 15) is 9.59 Å². The summed E-state index contributed by atoms with van der Waals surface area (Å²) >= 11 is 6.52. The molecule has 1 aliphatic heterocycles. The second-order valence-electron chi connectivity index (χ2n) is 6.88. The molecule has 146 valence electrons. The SMILES string of the molecule is O=C(c1cc2[nH]c(=O)c3cnc(-c4ccccc4)n3c2cc1Cl)N1CCOCC1. The Hall–Kier alpha value is -3.16. The molecule has 8 heteroatoms. The van der Waals surface area contributed by atoms with Crippen molar-refractivity contribution in [2.45, 2.75) is 0 Å². The number of morpholine rings is 1. The predicted molar refractivity (Wildman–Crippen MR) is 110 cm³/mol. The second kappa shape index (κ2) is 7.02. The largest absolute Gasteiger partial charge is 0.378 e. The van der Waals surface area contributed by atoms with Gasteiger partial charge in [0, 0.05) is 18.7 Å². The van der Waals surface area contributed by atoms with E-state index in [1.54, 1.807) is 27.6 Å². The van der Waals surface area contributed by atoms with E-state index in [-0.39, 0.29) is 11.5 Å². The van der Waals surface area contributed by atoms with Crippen LogP contribution in [0.4, 0.5) is 0 Å². The number of aromatic amines is 1. The lowest BCUT2D eigenvalue weighted by atomic mass is 10.1. The lowest BCUT2D eigenvalue weighted by molar-refractivity contribution is 0.0303. The first-order valence-electron chi connectivity index (χ1n) is 9.29. The number of rotatable bonds is 2. The molecule has 0 aliphatic carbocycles. The Morgan fingerprint density at radius 3 is 2.62 bits per heavy atom. The molecule has 0 unspecified atom stereocenters. The van der Waals surface area contributed by atoms with Crippen LogP contribution in [-0.4, -0.2) is 51.5 Å². The zero-order chi connectivity index (χ0) is 20.0. The van der Waals surface area contributed by atoms with E-state index in [1.807, 2.05) is 30.3 Å². The molecule has 5 rings (SSSR count). The Morgan fingerprint density at radius 2 is 1.86 bits per heavy atom. The van der Waals surface area contributed by atoms with E-state index in [2.05, 4.69) is 9.97 Å². The van der Waals surface area contributed by atoms with Crippen molar-refractivity contribution >= 4 is 34.1 Å². The smallest absolute Gasteiger partial charge is 0.274 e. The van der Waals surface area contributed by atoms with Crippen LogP contribution in [0.15, 0.2) is 53.5 Å². The van der Waals surface area contributed by atoms with Gasteiger partial charge >= 0.3 is 0 Å². The third-order valence-corrected chi connectivity index (χ3v) is 5.44. The van der Waals surface area contributed by atoms with Crippen LogP contribution >= 0.6 is 11.6 Å². The summed E-state index contributed by atoms with van der Waals surface area (Å²) < 4.78 is 7.09. The van der Waals surface area contributed by atoms with Gasteiger partial charge in [-0.05, 0) is 12.1 Å². The van der Waals surface area contributed by atoms with Crippen molar-refractivity contribution in [2.24, 2.45) is 0 Å². The molecule has 0 bridgehead atoms. The summed E-state index contributed by atoms with van der Waals surface area (Å²) in [6.45, 7) is 2.04. The van der Waals surface area contributed by atoms with Gasteiger partial charge < -0.3 is 14.6 Å². The van der Waals surface area contributed by atoms with Crippen LogP contribution in [0.2, 0.25) is 5.02 Å². The number of halogens is 1. The van der Waals surface area contributed by atoms with Crippen LogP contribution in [0.5, 0.6) is 0 Å². The Kier molecular flexibility index (Phi) is 4.34. The summed E-state index contributed by atoms with van der Waals surface area (Å²) in [7, 11) is 0. The molecule has 0 spiro atoms. The fourth-order valence-electron chi connectivity index (χ4n) is 3.68. The number of fused-ring (bicyclic) bond motifs is 3. The van der Waals surface area contributed by atoms with E-state index in [0.29, 0.717) is 59.3 Å². The fraction of sp³-hybridized carbons (Fsp3) is 0.190. The van der Waals surface area contributed by atoms with E-state index in [4.69, 9.17) is 16.3 Å². The minimum atomic E-state index is -0.278. The lowest BCUT2D eigenvalue weighted by Gasteiger charge is -2.27. The van der Waals surface area contributed by atoms with E-state index in [0.717, 1.165) is 5.56 Å². The van der Waals surface area contributed by atoms with Crippen LogP contribution in [0, 0.1) is 0 Å². The molecule has 4 aromatic rings. The normalized spacial score (nSPS) is 14.6. The highest BCUT2D eigenvalue weighted by molar-refractivity contribution is 6.34. The second-order valence-corrected chi connectivity index (χ2v) is 7.28. The van der Waals surface area contributed by atoms with Crippen LogP contribution < -0.4 is 5.56 Å². The molecule has 0 radical (unpaired) electrons. The molecule has 1 N–H and O–H groups in total. The Balaban J connectivity index is 1.72. The number of carbonyl (C=O) groups excluding carboxylic acids is 1. The third-order valence-electron chi connectivity index (χ3n) is 5.13. The van der Waals surface area contributed by atoms with Gasteiger partial charge in [0.25, 0.3) is 11.5 Å². The summed E-state index contributed by atoms with van der Waals surface area (Å²) in [5.74, 6) is 0.468. The van der Waals surface area contributed by atoms with Gasteiger partial charge in [0.2, 0.25) is 0 Å². The molecule has 3 heterocycles. The standard InChI is InChI=1S/C21H17ClN4O3/c22-15-11-17-16(10-14(15)21(28)25-6-8-29-9-7-25)24-20(27)18-12-23-19(26(17)18)13-4-2-1-3-5-13/h1-5,10-12H,6-9H2,(H,24,27). The molecule has 0 atom stereocenters. The van der Waals surface area contributed by atoms with Crippen LogP contribution in [-0.2, 0) is 4.74 Å². The Labute approximate surface area is 170 Å². The first-order valence-corrected chi connectivity index (χ1v) is 9.67. The summed E-state index contributed by atoms with van der Waals surface area (Å²) in [4.78, 5) is 34.6. The number of aromatic nitrogens is 3. The van der Waals surface area contributed by atoms with Gasteiger partial charge in [0.05, 0.1) is 41.0 Å². The van der Waals surface area contributed by atoms with Gasteiger partial charge in [-0.15, -0.1) is 0 Å². The molecule has 1 saturated heterocycles. The molecule has 1 aliphatic rings. The highest BCUT2D eigenvalue weighted by Crippen LogP contribution is 2.27. The number of benzene rings is 2. The summed E-state index contributed by atoms with van der Waals surface area (Å²) in [6.07, 6.45) is 1.54. The molecule has 2 aromatic carbocycles. The summed E-state index contributed by atoms with van der Waals surface area (Å²) in [5, 5.41) is 0.329. The third kappa shape index (κ3) is 2.99. The average Bonchev–Trinajstić information content (AvgIpc) is 3.21. The minimum absolute atomic E-state index is 0.171. The topological polar surface area (TPSA) is 79.7 Å². The first kappa shape index (κ1) is 17.9. The van der Waals surface area contributed by atoms with Gasteiger partial charge in [-0.1, -0.05) is 41.9 Å². The number of hydrogen-bond donors (Lipinski definition) is 1. The fourth-order valence-corrected chi connectivity index (χ4v) is 3.92. The van der Waals surface area contributed by atoms with Crippen molar-refractivity contribution in [3.8, 4) is 11.4 Å². The van der Waals surface area contributed by atoms with E-state index >= 15 is 0 Å². The quantitative estimate of drug-likeness (QED) is 0.553. The van der Waals surface area contributed by atoms with Crippen molar-refractivity contribution in [2.75, 3.05) is 26.3 Å². The molecule has 29 heavy (non-hydrogen) atoms. The molecular weight excluding hydrogens is 392 g/mol. The number of carbonyl (C=O) groups is 1. The number of H-pyrrole nitrogens is 1. The van der Waals surface area contributed by atoms with Gasteiger partial charge in [-0.25, -0.2) is 4.98 Å². The maximum Gasteiger partial charge on any atom is 0.274 e. The zero-order valence-electron chi connectivity index (χ0n) is 15.4. The average molecular weight is 409 g/mol. The predicted octanol–water partition coefficient (Wildman–Crippen LogP) is 2.97. The van der Waals surface area contributed by atoms with Crippen molar-refractivity contribution in [3.05, 3.63) is 69.6 Å². The number of nitrogens with one attached hydrogen (secondary N) is 1. The number of amides is 1. The number of imidazole rings is 1. The molecule has 1 amide bonds. The van der Waals surface area contributed by atoms with Gasteiger partial charge in [-0.2, -0.15) is 0 Å². The first-order chi connectivity index (χ1) is 14.1. The van der Waals surface area contributed by atoms with Gasteiger partial charge in [-0.3, -0.25) is 14.0 Å². The van der Waals surface area contributed by atoms with Crippen LogP contribution in [0.1, 0.15) is 10.4 Å². The maximum absolute atomic E-state index is 12.9. The summed E-state index contributed by atoms with van der Waals surface area (Å²) in [6, 6.07) is 13.0. The van der Waals surface area contributed by atoms with Crippen LogP contribution in [0.25, 0.3) is 27.9 Å².